The Hall–Kier alpha value is -0.570. The molecule has 11 heavy (non-hydrogen) atoms. The molecule has 0 radical (unpaired) electrons. The van der Waals surface area contributed by atoms with E-state index in [1.165, 1.54) is 6.92 Å². The van der Waals surface area contributed by atoms with Crippen molar-refractivity contribution in [3.05, 3.63) is 0 Å². The van der Waals surface area contributed by atoms with Crippen LogP contribution in [-0.2, 0) is 9.53 Å². The normalized spacial score (nSPS) is 13.3. The van der Waals surface area contributed by atoms with Crippen molar-refractivity contribution in [1.29, 1.82) is 0 Å². The maximum atomic E-state index is 10.8. The lowest BCUT2D eigenvalue weighted by Crippen LogP contribution is -2.36. The Balaban J connectivity index is 3.82. The predicted molar refractivity (Wildman–Crippen MR) is 44.1 cm³/mol. The molecule has 0 saturated carbocycles. The zero-order chi connectivity index (χ0) is 9.02. The maximum absolute atomic E-state index is 10.8. The van der Waals surface area contributed by atoms with Crippen molar-refractivity contribution in [2.75, 3.05) is 7.05 Å². The molecule has 0 aliphatic carbocycles. The number of amides is 1. The molecule has 66 valence electrons. The van der Waals surface area contributed by atoms with Crippen LogP contribution in [0.1, 0.15) is 27.7 Å². The fourth-order valence-electron chi connectivity index (χ4n) is 0.741. The highest BCUT2D eigenvalue weighted by Crippen LogP contribution is 2.01. The molecule has 3 nitrogen and oxygen atoms in total. The van der Waals surface area contributed by atoms with E-state index in [0.29, 0.717) is 0 Å². The summed E-state index contributed by atoms with van der Waals surface area (Å²) in [6.07, 6.45) is 0.0271. The Bertz CT molecular complexity index is 134. The molecule has 0 saturated heterocycles. The van der Waals surface area contributed by atoms with Crippen LogP contribution in [0.25, 0.3) is 0 Å². The zero-order valence-electron chi connectivity index (χ0n) is 7.92. The zero-order valence-corrected chi connectivity index (χ0v) is 7.92. The summed E-state index contributed by atoms with van der Waals surface area (Å²) in [5, 5.41) is 0. The first-order valence-electron chi connectivity index (χ1n) is 3.84. The topological polar surface area (TPSA) is 29.5 Å². The summed E-state index contributed by atoms with van der Waals surface area (Å²) in [6.45, 7) is 7.29. The van der Waals surface area contributed by atoms with Crippen molar-refractivity contribution >= 4 is 5.91 Å². The third-order valence-electron chi connectivity index (χ3n) is 1.51. The summed E-state index contributed by atoms with van der Waals surface area (Å²) in [7, 11) is 1.73. The van der Waals surface area contributed by atoms with Gasteiger partial charge >= 0.3 is 0 Å². The van der Waals surface area contributed by atoms with Crippen LogP contribution in [0.5, 0.6) is 0 Å². The van der Waals surface area contributed by atoms with Gasteiger partial charge in [0, 0.05) is 14.0 Å². The molecule has 0 aromatic rings. The molecule has 0 aromatic carbocycles. The van der Waals surface area contributed by atoms with Gasteiger partial charge in [0.1, 0.15) is 6.23 Å². The van der Waals surface area contributed by atoms with Crippen molar-refractivity contribution in [2.24, 2.45) is 0 Å². The van der Waals surface area contributed by atoms with E-state index in [1.807, 2.05) is 20.8 Å². The molecule has 0 bridgehead atoms. The predicted octanol–water partition coefficient (Wildman–Crippen LogP) is 1.24. The van der Waals surface area contributed by atoms with Crippen LogP contribution in [0.15, 0.2) is 0 Å². The van der Waals surface area contributed by atoms with Crippen molar-refractivity contribution in [3.8, 4) is 0 Å². The minimum atomic E-state index is -0.132. The molecule has 1 amide bonds. The molecule has 1 atom stereocenters. The van der Waals surface area contributed by atoms with Crippen LogP contribution in [0.4, 0.5) is 0 Å². The Kier molecular flexibility index (Phi) is 4.11. The van der Waals surface area contributed by atoms with Crippen LogP contribution >= 0.6 is 0 Å². The minimum Gasteiger partial charge on any atom is -0.356 e. The Morgan fingerprint density at radius 2 is 1.82 bits per heavy atom. The third kappa shape index (κ3) is 3.98. The molecular weight excluding hydrogens is 142 g/mol. The van der Waals surface area contributed by atoms with E-state index in [9.17, 15) is 4.79 Å². The Labute approximate surface area is 68.3 Å². The van der Waals surface area contributed by atoms with E-state index in [-0.39, 0.29) is 18.2 Å². The van der Waals surface area contributed by atoms with Crippen LogP contribution in [0, 0.1) is 0 Å². The van der Waals surface area contributed by atoms with Gasteiger partial charge in [0.25, 0.3) is 0 Å². The number of hydrogen-bond donors (Lipinski definition) is 0. The quantitative estimate of drug-likeness (QED) is 0.580. The number of rotatable bonds is 3. The van der Waals surface area contributed by atoms with Gasteiger partial charge in [0.2, 0.25) is 5.91 Å². The number of nitrogens with zero attached hydrogens (tertiary/aromatic N) is 1. The van der Waals surface area contributed by atoms with Gasteiger partial charge in [-0.2, -0.15) is 0 Å². The third-order valence-corrected chi connectivity index (χ3v) is 1.51. The van der Waals surface area contributed by atoms with Gasteiger partial charge in [-0.25, -0.2) is 0 Å². The fraction of sp³-hybridized carbons (Fsp3) is 0.875. The van der Waals surface area contributed by atoms with Gasteiger partial charge in [-0.3, -0.25) is 4.79 Å². The second kappa shape index (κ2) is 4.34. The van der Waals surface area contributed by atoms with Crippen molar-refractivity contribution < 1.29 is 9.53 Å². The highest BCUT2D eigenvalue weighted by Gasteiger charge is 2.12. The SMILES string of the molecule is CC(=O)N(C)C(C)OC(C)C. The molecule has 0 rings (SSSR count). The van der Waals surface area contributed by atoms with E-state index in [4.69, 9.17) is 4.74 Å². The van der Waals surface area contributed by atoms with Gasteiger partial charge in [-0.15, -0.1) is 0 Å². The average Bonchev–Trinajstić information content (AvgIpc) is 1.84. The van der Waals surface area contributed by atoms with Gasteiger partial charge < -0.3 is 9.64 Å². The summed E-state index contributed by atoms with van der Waals surface area (Å²) in [6, 6.07) is 0. The number of carbonyl (C=O) groups is 1. The summed E-state index contributed by atoms with van der Waals surface area (Å²) in [4.78, 5) is 12.4. The molecule has 0 fully saturated rings. The molecule has 1 unspecified atom stereocenters. The monoisotopic (exact) mass is 159 g/mol. The number of hydrogen-bond acceptors (Lipinski definition) is 2. The van der Waals surface area contributed by atoms with Crippen LogP contribution in [0.3, 0.4) is 0 Å². The van der Waals surface area contributed by atoms with Gasteiger partial charge in [0.15, 0.2) is 0 Å². The van der Waals surface area contributed by atoms with Crippen molar-refractivity contribution in [2.45, 2.75) is 40.0 Å². The lowest BCUT2D eigenvalue weighted by atomic mass is 10.4. The lowest BCUT2D eigenvalue weighted by molar-refractivity contribution is -0.142. The van der Waals surface area contributed by atoms with E-state index in [0.717, 1.165) is 0 Å². The first kappa shape index (κ1) is 10.4. The summed E-state index contributed by atoms with van der Waals surface area (Å²) in [5.74, 6) is 0.0261. The van der Waals surface area contributed by atoms with Crippen LogP contribution < -0.4 is 0 Å². The maximum Gasteiger partial charge on any atom is 0.221 e. The molecule has 0 N–H and O–H groups in total. The highest BCUT2D eigenvalue weighted by molar-refractivity contribution is 5.72. The molecule has 0 aromatic heterocycles. The van der Waals surface area contributed by atoms with Crippen molar-refractivity contribution in [1.82, 2.24) is 4.90 Å². The summed E-state index contributed by atoms with van der Waals surface area (Å²) in [5.41, 5.74) is 0. The van der Waals surface area contributed by atoms with Gasteiger partial charge in [-0.05, 0) is 20.8 Å². The fourth-order valence-corrected chi connectivity index (χ4v) is 0.741. The Morgan fingerprint density at radius 3 is 2.09 bits per heavy atom. The van der Waals surface area contributed by atoms with Crippen LogP contribution in [0.2, 0.25) is 0 Å². The number of ether oxygens (including phenoxy) is 1. The van der Waals surface area contributed by atoms with Gasteiger partial charge in [-0.1, -0.05) is 0 Å². The lowest BCUT2D eigenvalue weighted by Gasteiger charge is -2.25. The smallest absolute Gasteiger partial charge is 0.221 e. The average molecular weight is 159 g/mol. The second-order valence-corrected chi connectivity index (χ2v) is 2.91. The van der Waals surface area contributed by atoms with E-state index < -0.39 is 0 Å². The highest BCUT2D eigenvalue weighted by atomic mass is 16.5. The van der Waals surface area contributed by atoms with E-state index in [2.05, 4.69) is 0 Å². The number of carbonyl (C=O) groups excluding carboxylic acids is 1. The first-order valence-corrected chi connectivity index (χ1v) is 3.84. The molecule has 0 spiro atoms. The molecule has 0 heterocycles. The van der Waals surface area contributed by atoms with Crippen molar-refractivity contribution in [3.63, 3.8) is 0 Å². The Morgan fingerprint density at radius 1 is 1.36 bits per heavy atom. The van der Waals surface area contributed by atoms with E-state index >= 15 is 0 Å². The molecular formula is C8H17NO2. The van der Waals surface area contributed by atoms with Gasteiger partial charge in [0.05, 0.1) is 6.10 Å². The molecule has 0 aliphatic rings. The first-order chi connectivity index (χ1) is 4.95. The minimum absolute atomic E-state index is 0.0261. The molecule has 0 aliphatic heterocycles. The summed E-state index contributed by atoms with van der Waals surface area (Å²) < 4.78 is 5.38. The second-order valence-electron chi connectivity index (χ2n) is 2.91. The largest absolute Gasteiger partial charge is 0.356 e. The van der Waals surface area contributed by atoms with E-state index in [1.54, 1.807) is 11.9 Å². The standard InChI is InChI=1S/C8H17NO2/c1-6(2)11-8(4)9(5)7(3)10/h6,8H,1-5H3. The molecule has 3 heteroatoms. The summed E-state index contributed by atoms with van der Waals surface area (Å²) >= 11 is 0. The van der Waals surface area contributed by atoms with Crippen LogP contribution in [-0.4, -0.2) is 30.2 Å².